The van der Waals surface area contributed by atoms with Crippen molar-refractivity contribution < 1.29 is 14.4 Å². The summed E-state index contributed by atoms with van der Waals surface area (Å²) in [6.07, 6.45) is 0.708. The van der Waals surface area contributed by atoms with E-state index in [9.17, 15) is 14.4 Å². The highest BCUT2D eigenvalue weighted by molar-refractivity contribution is 8.26. The molecule has 3 amide bonds. The van der Waals surface area contributed by atoms with Crippen molar-refractivity contribution in [1.82, 2.24) is 10.2 Å². The summed E-state index contributed by atoms with van der Waals surface area (Å²) < 4.78 is 0.440. The highest BCUT2D eigenvalue weighted by Crippen LogP contribution is 2.44. The molecule has 0 bridgehead atoms. The number of amides is 3. The molecule has 0 atom stereocenters. The lowest BCUT2D eigenvalue weighted by Crippen LogP contribution is -2.39. The zero-order chi connectivity index (χ0) is 22.8. The minimum absolute atomic E-state index is 0.0983. The molecule has 2 aliphatic heterocycles. The Morgan fingerprint density at radius 2 is 1.72 bits per heavy atom. The molecule has 164 valence electrons. The third-order valence-corrected chi connectivity index (χ3v) is 6.75. The van der Waals surface area contributed by atoms with Gasteiger partial charge in [-0.2, -0.15) is 0 Å². The van der Waals surface area contributed by atoms with Gasteiger partial charge in [0.1, 0.15) is 10.9 Å². The Balaban J connectivity index is 1.54. The molecular formula is C24H23N3O3S2. The summed E-state index contributed by atoms with van der Waals surface area (Å²) in [6, 6.07) is 17.0. The van der Waals surface area contributed by atoms with Crippen LogP contribution in [0.25, 0.3) is 5.57 Å². The first-order valence-electron chi connectivity index (χ1n) is 10.4. The van der Waals surface area contributed by atoms with Crippen LogP contribution in [-0.2, 0) is 20.8 Å². The number of fused-ring (bicyclic) bond motifs is 1. The molecule has 2 aromatic carbocycles. The standard InChI is InChI=1S/C24H23N3O3S2/c1-15(2)27-23(30)21(32-24(27)31)20-17-10-6-7-11-18(17)26(22(20)29)14-19(28)25-13-12-16-8-4-3-5-9-16/h3-11,15H,12-14H2,1-2H3,(H,25,28). The second-order valence-corrected chi connectivity index (χ2v) is 9.48. The number of rotatable bonds is 6. The second-order valence-electron chi connectivity index (χ2n) is 7.83. The smallest absolute Gasteiger partial charge is 0.267 e. The molecule has 32 heavy (non-hydrogen) atoms. The van der Waals surface area contributed by atoms with Gasteiger partial charge in [-0.25, -0.2) is 0 Å². The number of anilines is 1. The summed E-state index contributed by atoms with van der Waals surface area (Å²) in [5, 5.41) is 2.88. The van der Waals surface area contributed by atoms with Gasteiger partial charge in [-0.3, -0.25) is 24.2 Å². The summed E-state index contributed by atoms with van der Waals surface area (Å²) in [5.41, 5.74) is 2.72. The van der Waals surface area contributed by atoms with Crippen LogP contribution >= 0.6 is 24.0 Å². The molecule has 0 unspecified atom stereocenters. The highest BCUT2D eigenvalue weighted by atomic mass is 32.2. The topological polar surface area (TPSA) is 69.7 Å². The zero-order valence-corrected chi connectivity index (χ0v) is 19.5. The normalized spacial score (nSPS) is 18.0. The van der Waals surface area contributed by atoms with Crippen LogP contribution in [-0.4, -0.2) is 46.1 Å². The van der Waals surface area contributed by atoms with Crippen molar-refractivity contribution in [1.29, 1.82) is 0 Å². The molecule has 2 heterocycles. The third kappa shape index (κ3) is 4.20. The Hall–Kier alpha value is -2.97. The molecule has 1 saturated heterocycles. The van der Waals surface area contributed by atoms with Crippen LogP contribution in [0.5, 0.6) is 0 Å². The van der Waals surface area contributed by atoms with Gasteiger partial charge in [0, 0.05) is 18.2 Å². The van der Waals surface area contributed by atoms with Crippen molar-refractivity contribution in [3.63, 3.8) is 0 Å². The number of para-hydroxylation sites is 1. The van der Waals surface area contributed by atoms with Crippen molar-refractivity contribution in [2.24, 2.45) is 0 Å². The van der Waals surface area contributed by atoms with Crippen molar-refractivity contribution in [3.8, 4) is 0 Å². The van der Waals surface area contributed by atoms with E-state index in [4.69, 9.17) is 12.2 Å². The maximum absolute atomic E-state index is 13.4. The zero-order valence-electron chi connectivity index (χ0n) is 17.8. The summed E-state index contributed by atoms with van der Waals surface area (Å²) in [5.74, 6) is -0.865. The van der Waals surface area contributed by atoms with Gasteiger partial charge in [-0.1, -0.05) is 72.5 Å². The maximum atomic E-state index is 13.4. The predicted molar refractivity (Wildman–Crippen MR) is 131 cm³/mol. The first-order valence-corrected chi connectivity index (χ1v) is 11.6. The average Bonchev–Trinajstić information content (AvgIpc) is 3.21. The molecule has 2 aromatic rings. The molecule has 0 saturated carbocycles. The Bertz CT molecular complexity index is 1130. The molecule has 1 fully saturated rings. The first kappa shape index (κ1) is 22.2. The lowest BCUT2D eigenvalue weighted by molar-refractivity contribution is -0.123. The molecule has 1 N–H and O–H groups in total. The van der Waals surface area contributed by atoms with E-state index in [0.29, 0.717) is 39.0 Å². The van der Waals surface area contributed by atoms with Crippen molar-refractivity contribution >= 4 is 57.3 Å². The lowest BCUT2D eigenvalue weighted by atomic mass is 10.1. The molecular weight excluding hydrogens is 442 g/mol. The Morgan fingerprint density at radius 1 is 1.03 bits per heavy atom. The number of hydrogen-bond acceptors (Lipinski definition) is 5. The monoisotopic (exact) mass is 465 g/mol. The summed E-state index contributed by atoms with van der Waals surface area (Å²) >= 11 is 6.52. The van der Waals surface area contributed by atoms with Crippen LogP contribution < -0.4 is 10.2 Å². The molecule has 0 aromatic heterocycles. The fourth-order valence-electron chi connectivity index (χ4n) is 3.82. The molecule has 0 aliphatic carbocycles. The number of benzene rings is 2. The number of nitrogens with zero attached hydrogens (tertiary/aromatic N) is 2. The van der Waals surface area contributed by atoms with E-state index < -0.39 is 0 Å². The van der Waals surface area contributed by atoms with Crippen LogP contribution in [0, 0.1) is 0 Å². The fourth-order valence-corrected chi connectivity index (χ4v) is 5.42. The van der Waals surface area contributed by atoms with Gasteiger partial charge in [0.25, 0.3) is 11.8 Å². The fraction of sp³-hybridized carbons (Fsp3) is 0.250. The van der Waals surface area contributed by atoms with E-state index in [1.807, 2.05) is 56.3 Å². The number of thioether (sulfide) groups is 1. The molecule has 0 spiro atoms. The van der Waals surface area contributed by atoms with Gasteiger partial charge in [-0.05, 0) is 31.9 Å². The third-order valence-electron chi connectivity index (χ3n) is 5.35. The predicted octanol–water partition coefficient (Wildman–Crippen LogP) is 3.37. The summed E-state index contributed by atoms with van der Waals surface area (Å²) in [6.45, 7) is 4.13. The number of carbonyl (C=O) groups is 3. The summed E-state index contributed by atoms with van der Waals surface area (Å²) in [4.78, 5) is 42.3. The van der Waals surface area contributed by atoms with Gasteiger partial charge in [-0.15, -0.1) is 0 Å². The van der Waals surface area contributed by atoms with E-state index in [1.165, 1.54) is 9.80 Å². The molecule has 4 rings (SSSR count). The number of carbonyl (C=O) groups excluding carboxylic acids is 3. The van der Waals surface area contributed by atoms with Gasteiger partial charge in [0.05, 0.1) is 16.2 Å². The van der Waals surface area contributed by atoms with Gasteiger partial charge in [0.2, 0.25) is 5.91 Å². The molecule has 0 radical (unpaired) electrons. The number of hydrogen-bond donors (Lipinski definition) is 1. The van der Waals surface area contributed by atoms with E-state index in [2.05, 4.69) is 5.32 Å². The van der Waals surface area contributed by atoms with E-state index in [-0.39, 0.29) is 30.3 Å². The van der Waals surface area contributed by atoms with Crippen LogP contribution in [0.3, 0.4) is 0 Å². The van der Waals surface area contributed by atoms with E-state index in [1.54, 1.807) is 12.1 Å². The van der Waals surface area contributed by atoms with Gasteiger partial charge < -0.3 is 5.32 Å². The largest absolute Gasteiger partial charge is 0.354 e. The van der Waals surface area contributed by atoms with Crippen LogP contribution in [0.2, 0.25) is 0 Å². The number of thiocarbonyl (C=S) groups is 1. The minimum Gasteiger partial charge on any atom is -0.354 e. The first-order chi connectivity index (χ1) is 15.4. The maximum Gasteiger partial charge on any atom is 0.267 e. The van der Waals surface area contributed by atoms with Crippen LogP contribution in [0.1, 0.15) is 25.0 Å². The quantitative estimate of drug-likeness (QED) is 0.523. The van der Waals surface area contributed by atoms with E-state index in [0.717, 1.165) is 17.3 Å². The van der Waals surface area contributed by atoms with Gasteiger partial charge in [0.15, 0.2) is 0 Å². The van der Waals surface area contributed by atoms with Crippen molar-refractivity contribution in [2.45, 2.75) is 26.3 Å². The van der Waals surface area contributed by atoms with Crippen LogP contribution in [0.4, 0.5) is 5.69 Å². The molecule has 6 nitrogen and oxygen atoms in total. The minimum atomic E-state index is -0.353. The Labute approximate surface area is 196 Å². The number of nitrogens with one attached hydrogen (secondary N) is 1. The Morgan fingerprint density at radius 3 is 2.41 bits per heavy atom. The molecule has 8 heteroatoms. The average molecular weight is 466 g/mol. The van der Waals surface area contributed by atoms with Gasteiger partial charge >= 0.3 is 0 Å². The summed E-state index contributed by atoms with van der Waals surface area (Å²) in [7, 11) is 0. The van der Waals surface area contributed by atoms with E-state index >= 15 is 0 Å². The van der Waals surface area contributed by atoms with Crippen LogP contribution in [0.15, 0.2) is 59.5 Å². The van der Waals surface area contributed by atoms with Crippen molar-refractivity contribution in [2.75, 3.05) is 18.0 Å². The SMILES string of the molecule is CC(C)N1C(=O)C(=C2C(=O)N(CC(=O)NCCc3ccccc3)c3ccccc32)SC1=S. The lowest BCUT2D eigenvalue weighted by Gasteiger charge is -2.18. The highest BCUT2D eigenvalue weighted by Gasteiger charge is 2.42. The van der Waals surface area contributed by atoms with Crippen molar-refractivity contribution in [3.05, 3.63) is 70.6 Å². The Kier molecular flexibility index (Phi) is 6.43. The second kappa shape index (κ2) is 9.26. The molecule has 2 aliphatic rings.